The lowest BCUT2D eigenvalue weighted by Crippen LogP contribution is -2.47. The van der Waals surface area contributed by atoms with E-state index in [1.165, 1.54) is 24.8 Å². The highest BCUT2D eigenvalue weighted by Crippen LogP contribution is 2.25. The van der Waals surface area contributed by atoms with Gasteiger partial charge >= 0.3 is 0 Å². The molecular formula is C26H38N4O2S. The second kappa shape index (κ2) is 11.4. The van der Waals surface area contributed by atoms with E-state index in [-0.39, 0.29) is 5.56 Å². The molecule has 0 spiro atoms. The van der Waals surface area contributed by atoms with Gasteiger partial charge < -0.3 is 19.9 Å². The van der Waals surface area contributed by atoms with Gasteiger partial charge in [-0.15, -0.1) is 0 Å². The molecule has 0 amide bonds. The number of aromatic amines is 1. The van der Waals surface area contributed by atoms with Crippen molar-refractivity contribution in [1.82, 2.24) is 20.1 Å². The molecule has 1 saturated heterocycles. The molecule has 180 valence electrons. The molecule has 2 heterocycles. The number of nitrogens with one attached hydrogen (secondary N) is 2. The first-order chi connectivity index (χ1) is 16.0. The Morgan fingerprint density at radius 1 is 1.18 bits per heavy atom. The van der Waals surface area contributed by atoms with Crippen molar-refractivity contribution in [3.05, 3.63) is 45.2 Å². The first kappa shape index (κ1) is 24.2. The standard InChI is InChI=1S/C26H38N4O2S/c1-19-9-10-20(2)24-23(19)17-21(25(31)28-24)18-30(22-7-4-3-5-8-22)26(33)27-11-6-12-29-13-15-32-16-14-29/h9-10,17,22H,3-8,11-16,18H2,1-2H3,(H,27,33)(H,28,31). The Morgan fingerprint density at radius 3 is 2.67 bits per heavy atom. The minimum absolute atomic E-state index is 0.00729. The minimum atomic E-state index is -0.00729. The van der Waals surface area contributed by atoms with E-state index in [0.717, 1.165) is 85.8 Å². The Morgan fingerprint density at radius 2 is 1.91 bits per heavy atom. The van der Waals surface area contributed by atoms with Crippen LogP contribution in [0.25, 0.3) is 10.9 Å². The molecule has 1 aliphatic heterocycles. The third-order valence-electron chi connectivity index (χ3n) is 7.17. The van der Waals surface area contributed by atoms with Gasteiger partial charge in [-0.3, -0.25) is 9.69 Å². The summed E-state index contributed by atoms with van der Waals surface area (Å²) in [4.78, 5) is 20.9. The van der Waals surface area contributed by atoms with Crippen molar-refractivity contribution in [3.8, 4) is 0 Å². The fraction of sp³-hybridized carbons (Fsp3) is 0.615. The number of pyridine rings is 1. The Hall–Kier alpha value is -1.96. The van der Waals surface area contributed by atoms with Crippen molar-refractivity contribution in [3.63, 3.8) is 0 Å². The molecule has 33 heavy (non-hydrogen) atoms. The van der Waals surface area contributed by atoms with Crippen molar-refractivity contribution >= 4 is 28.2 Å². The summed E-state index contributed by atoms with van der Waals surface area (Å²) < 4.78 is 5.44. The summed E-state index contributed by atoms with van der Waals surface area (Å²) in [6.07, 6.45) is 7.08. The van der Waals surface area contributed by atoms with Crippen LogP contribution >= 0.6 is 12.2 Å². The van der Waals surface area contributed by atoms with Crippen LogP contribution in [0.15, 0.2) is 23.0 Å². The number of hydrogen-bond donors (Lipinski definition) is 2. The molecule has 1 saturated carbocycles. The predicted molar refractivity (Wildman–Crippen MR) is 139 cm³/mol. The van der Waals surface area contributed by atoms with Crippen molar-refractivity contribution < 1.29 is 4.74 Å². The number of fused-ring (bicyclic) bond motifs is 1. The van der Waals surface area contributed by atoms with Gasteiger partial charge in [-0.25, -0.2) is 0 Å². The highest BCUT2D eigenvalue weighted by molar-refractivity contribution is 7.80. The molecule has 1 aromatic carbocycles. The van der Waals surface area contributed by atoms with Crippen LogP contribution in [0.1, 0.15) is 55.2 Å². The second-order valence-electron chi connectivity index (χ2n) is 9.57. The smallest absolute Gasteiger partial charge is 0.253 e. The summed E-state index contributed by atoms with van der Waals surface area (Å²) >= 11 is 5.88. The van der Waals surface area contributed by atoms with Crippen molar-refractivity contribution in [1.29, 1.82) is 0 Å². The van der Waals surface area contributed by atoms with Crippen LogP contribution in [0.5, 0.6) is 0 Å². The second-order valence-corrected chi connectivity index (χ2v) is 9.96. The summed E-state index contributed by atoms with van der Waals surface area (Å²) in [7, 11) is 0. The zero-order valence-electron chi connectivity index (χ0n) is 20.1. The molecule has 1 aliphatic carbocycles. The van der Waals surface area contributed by atoms with Gasteiger partial charge in [0.25, 0.3) is 5.56 Å². The number of aryl methyl sites for hydroxylation is 2. The number of morpholine rings is 1. The molecule has 0 unspecified atom stereocenters. The monoisotopic (exact) mass is 470 g/mol. The number of H-pyrrole nitrogens is 1. The van der Waals surface area contributed by atoms with Gasteiger partial charge in [-0.1, -0.05) is 31.4 Å². The van der Waals surface area contributed by atoms with Crippen LogP contribution in [0.2, 0.25) is 0 Å². The van der Waals surface area contributed by atoms with Gasteiger partial charge in [0.1, 0.15) is 0 Å². The number of nitrogens with zero attached hydrogens (tertiary/aromatic N) is 2. The van der Waals surface area contributed by atoms with E-state index in [9.17, 15) is 4.79 Å². The molecule has 4 rings (SSSR count). The molecule has 2 fully saturated rings. The fourth-order valence-corrected chi connectivity index (χ4v) is 5.42. The highest BCUT2D eigenvalue weighted by atomic mass is 32.1. The first-order valence-electron chi connectivity index (χ1n) is 12.5. The van der Waals surface area contributed by atoms with Crippen LogP contribution in [-0.4, -0.2) is 65.3 Å². The molecule has 2 N–H and O–H groups in total. The third-order valence-corrected chi connectivity index (χ3v) is 7.55. The van der Waals surface area contributed by atoms with Crippen LogP contribution in [0.3, 0.4) is 0 Å². The minimum Gasteiger partial charge on any atom is -0.379 e. The number of aromatic nitrogens is 1. The molecule has 2 aromatic rings. The largest absolute Gasteiger partial charge is 0.379 e. The van der Waals surface area contributed by atoms with E-state index >= 15 is 0 Å². The predicted octanol–water partition coefficient (Wildman–Crippen LogP) is 3.88. The maximum Gasteiger partial charge on any atom is 0.253 e. The summed E-state index contributed by atoms with van der Waals surface area (Å²) in [5.41, 5.74) is 4.00. The third kappa shape index (κ3) is 6.14. The molecule has 6 nitrogen and oxygen atoms in total. The number of ether oxygens (including phenoxy) is 1. The quantitative estimate of drug-likeness (QED) is 0.473. The Balaban J connectivity index is 1.46. The topological polar surface area (TPSA) is 60.6 Å². The van der Waals surface area contributed by atoms with Crippen LogP contribution in [-0.2, 0) is 11.3 Å². The lowest BCUT2D eigenvalue weighted by atomic mass is 9.94. The van der Waals surface area contributed by atoms with Gasteiger partial charge in [-0.05, 0) is 69.1 Å². The van der Waals surface area contributed by atoms with Gasteiger partial charge in [-0.2, -0.15) is 0 Å². The van der Waals surface area contributed by atoms with Crippen LogP contribution in [0.4, 0.5) is 0 Å². The van der Waals surface area contributed by atoms with Crippen LogP contribution in [0, 0.1) is 13.8 Å². The maximum atomic E-state index is 13.0. The zero-order valence-corrected chi connectivity index (χ0v) is 20.9. The fourth-order valence-electron chi connectivity index (χ4n) is 5.10. The van der Waals surface area contributed by atoms with Crippen molar-refractivity contribution in [2.24, 2.45) is 0 Å². The SMILES string of the molecule is Cc1ccc(C)c2[nH]c(=O)c(CN(C(=S)NCCCN3CCOCC3)C3CCCCC3)cc12. The maximum absolute atomic E-state index is 13.0. The lowest BCUT2D eigenvalue weighted by molar-refractivity contribution is 0.0375. The van der Waals surface area contributed by atoms with Gasteiger partial charge in [0.05, 0.1) is 25.3 Å². The Kier molecular flexibility index (Phi) is 8.39. The van der Waals surface area contributed by atoms with E-state index in [4.69, 9.17) is 17.0 Å². The van der Waals surface area contributed by atoms with Gasteiger partial charge in [0.2, 0.25) is 0 Å². The molecule has 0 atom stereocenters. The highest BCUT2D eigenvalue weighted by Gasteiger charge is 2.24. The molecular weight excluding hydrogens is 432 g/mol. The molecule has 0 bridgehead atoms. The van der Waals surface area contributed by atoms with E-state index in [0.29, 0.717) is 12.6 Å². The van der Waals surface area contributed by atoms with E-state index < -0.39 is 0 Å². The number of benzene rings is 1. The van der Waals surface area contributed by atoms with Crippen LogP contribution < -0.4 is 10.9 Å². The van der Waals surface area contributed by atoms with E-state index in [1.54, 1.807) is 0 Å². The lowest BCUT2D eigenvalue weighted by Gasteiger charge is -2.36. The van der Waals surface area contributed by atoms with E-state index in [2.05, 4.69) is 45.2 Å². The number of rotatable bonds is 7. The van der Waals surface area contributed by atoms with Gasteiger partial charge in [0.15, 0.2) is 5.11 Å². The summed E-state index contributed by atoms with van der Waals surface area (Å²) in [6.45, 7) is 10.3. The average molecular weight is 471 g/mol. The van der Waals surface area contributed by atoms with E-state index in [1.807, 2.05) is 6.92 Å². The normalized spacial score (nSPS) is 17.9. The molecule has 0 radical (unpaired) electrons. The van der Waals surface area contributed by atoms with Crippen molar-refractivity contribution in [2.45, 2.75) is 65.0 Å². The number of hydrogen-bond acceptors (Lipinski definition) is 4. The average Bonchev–Trinajstić information content (AvgIpc) is 2.84. The molecule has 2 aliphatic rings. The first-order valence-corrected chi connectivity index (χ1v) is 12.9. The van der Waals surface area contributed by atoms with Gasteiger partial charge in [0, 0.05) is 36.6 Å². The summed E-state index contributed by atoms with van der Waals surface area (Å²) in [5, 5.41) is 5.41. The number of thiocarbonyl (C=S) groups is 1. The zero-order chi connectivity index (χ0) is 23.2. The summed E-state index contributed by atoms with van der Waals surface area (Å²) in [6, 6.07) is 6.66. The summed E-state index contributed by atoms with van der Waals surface area (Å²) in [5.74, 6) is 0. The molecule has 1 aromatic heterocycles. The van der Waals surface area contributed by atoms with Crippen molar-refractivity contribution in [2.75, 3.05) is 39.4 Å². The molecule has 7 heteroatoms. The Bertz CT molecular complexity index is 1010. The Labute approximate surface area is 202 Å².